The number of aryl methyl sites for hydroxylation is 1. The number of rotatable bonds is 10. The molecule has 2 rings (SSSR count). The van der Waals surface area contributed by atoms with Crippen molar-refractivity contribution in [3.63, 3.8) is 0 Å². The van der Waals surface area contributed by atoms with E-state index in [4.69, 9.17) is 14.5 Å². The molecule has 0 aromatic heterocycles. The van der Waals surface area contributed by atoms with Crippen LogP contribution in [-0.2, 0) is 11.3 Å². The molecule has 0 radical (unpaired) electrons. The molecule has 0 aliphatic carbocycles. The number of halogens is 1. The van der Waals surface area contributed by atoms with Gasteiger partial charge in [0.15, 0.2) is 5.96 Å². The highest BCUT2D eigenvalue weighted by molar-refractivity contribution is 14.0. The van der Waals surface area contributed by atoms with Crippen molar-refractivity contribution in [3.05, 3.63) is 29.3 Å². The van der Waals surface area contributed by atoms with E-state index in [-0.39, 0.29) is 30.1 Å². The van der Waals surface area contributed by atoms with Crippen LogP contribution in [0.25, 0.3) is 0 Å². The van der Waals surface area contributed by atoms with E-state index in [1.165, 1.54) is 5.56 Å². The average molecular weight is 504 g/mol. The number of nitrogens with zero attached hydrogens (tertiary/aromatic N) is 2. The van der Waals surface area contributed by atoms with Crippen LogP contribution < -0.4 is 15.4 Å². The van der Waals surface area contributed by atoms with Crippen molar-refractivity contribution in [3.8, 4) is 5.75 Å². The van der Waals surface area contributed by atoms with Crippen LogP contribution in [0.5, 0.6) is 5.75 Å². The number of hydrogen-bond acceptors (Lipinski definition) is 4. The lowest BCUT2D eigenvalue weighted by atomic mass is 10.1. The van der Waals surface area contributed by atoms with Crippen molar-refractivity contribution >= 4 is 29.9 Å². The van der Waals surface area contributed by atoms with Crippen LogP contribution in [0.15, 0.2) is 23.2 Å². The average Bonchev–Trinajstić information content (AvgIpc) is 3.17. The van der Waals surface area contributed by atoms with Gasteiger partial charge in [0, 0.05) is 31.6 Å². The zero-order chi connectivity index (χ0) is 19.5. The van der Waals surface area contributed by atoms with E-state index in [0.29, 0.717) is 13.2 Å². The van der Waals surface area contributed by atoms with Crippen molar-refractivity contribution < 1.29 is 9.47 Å². The second-order valence-corrected chi connectivity index (χ2v) is 6.86. The summed E-state index contributed by atoms with van der Waals surface area (Å²) in [6.07, 6.45) is 1.10. The van der Waals surface area contributed by atoms with Gasteiger partial charge in [0.05, 0.1) is 19.8 Å². The highest BCUT2D eigenvalue weighted by Gasteiger charge is 2.18. The fraction of sp³-hybridized carbons (Fsp3) is 0.667. The van der Waals surface area contributed by atoms with Crippen LogP contribution in [0, 0.1) is 6.92 Å². The third-order valence-electron chi connectivity index (χ3n) is 4.77. The van der Waals surface area contributed by atoms with Gasteiger partial charge in [-0.05, 0) is 38.6 Å². The van der Waals surface area contributed by atoms with E-state index < -0.39 is 0 Å². The Morgan fingerprint density at radius 3 is 2.68 bits per heavy atom. The summed E-state index contributed by atoms with van der Waals surface area (Å²) in [4.78, 5) is 7.16. The van der Waals surface area contributed by atoms with Crippen molar-refractivity contribution in [2.75, 3.05) is 45.9 Å². The smallest absolute Gasteiger partial charge is 0.191 e. The van der Waals surface area contributed by atoms with Crippen LogP contribution in [0.4, 0.5) is 0 Å². The largest absolute Gasteiger partial charge is 0.488 e. The van der Waals surface area contributed by atoms with Gasteiger partial charge in [-0.2, -0.15) is 0 Å². The van der Waals surface area contributed by atoms with Crippen LogP contribution in [0.1, 0.15) is 38.3 Å². The summed E-state index contributed by atoms with van der Waals surface area (Å²) < 4.78 is 11.6. The molecule has 1 aliphatic rings. The van der Waals surface area contributed by atoms with Gasteiger partial charge >= 0.3 is 0 Å². The maximum absolute atomic E-state index is 6.18. The Kier molecular flexibility index (Phi) is 12.5. The molecule has 160 valence electrons. The molecule has 1 saturated heterocycles. The van der Waals surface area contributed by atoms with Crippen molar-refractivity contribution in [2.24, 2.45) is 4.99 Å². The van der Waals surface area contributed by atoms with E-state index in [1.54, 1.807) is 0 Å². The van der Waals surface area contributed by atoms with E-state index in [2.05, 4.69) is 61.4 Å². The lowest BCUT2D eigenvalue weighted by molar-refractivity contribution is 0.140. The standard InChI is InChI=1S/C21H36N4O2.HI/c1-5-22-21(23-11-12-25(6-2)7-3)24-15-18-9-8-17(4)14-20(18)27-19-10-13-26-16-19;/h8-9,14,19H,5-7,10-13,15-16H2,1-4H3,(H2,22,23,24);1H. The third kappa shape index (κ3) is 8.53. The van der Waals surface area contributed by atoms with Gasteiger partial charge in [0.25, 0.3) is 0 Å². The minimum atomic E-state index is 0. The molecule has 28 heavy (non-hydrogen) atoms. The molecule has 6 nitrogen and oxygen atoms in total. The Morgan fingerprint density at radius 1 is 1.25 bits per heavy atom. The summed E-state index contributed by atoms with van der Waals surface area (Å²) in [6.45, 7) is 15.5. The number of aliphatic imine (C=N–C) groups is 1. The monoisotopic (exact) mass is 504 g/mol. The molecule has 1 aromatic rings. The molecule has 0 spiro atoms. The van der Waals surface area contributed by atoms with Gasteiger partial charge < -0.3 is 25.0 Å². The summed E-state index contributed by atoms with van der Waals surface area (Å²) >= 11 is 0. The van der Waals surface area contributed by atoms with E-state index in [1.807, 2.05) is 0 Å². The molecular formula is C21H37IN4O2. The lowest BCUT2D eigenvalue weighted by Gasteiger charge is -2.19. The van der Waals surface area contributed by atoms with Crippen LogP contribution in [0.3, 0.4) is 0 Å². The molecule has 1 heterocycles. The maximum Gasteiger partial charge on any atom is 0.191 e. The van der Waals surface area contributed by atoms with Gasteiger partial charge in [-0.15, -0.1) is 24.0 Å². The zero-order valence-electron chi connectivity index (χ0n) is 17.8. The first-order chi connectivity index (χ1) is 13.2. The second kappa shape index (κ2) is 14.0. The fourth-order valence-electron chi connectivity index (χ4n) is 3.07. The highest BCUT2D eigenvalue weighted by atomic mass is 127. The zero-order valence-corrected chi connectivity index (χ0v) is 20.1. The van der Waals surface area contributed by atoms with Crippen molar-refractivity contribution in [1.82, 2.24) is 15.5 Å². The first-order valence-electron chi connectivity index (χ1n) is 10.2. The predicted molar refractivity (Wildman–Crippen MR) is 127 cm³/mol. The molecule has 1 aromatic carbocycles. The summed E-state index contributed by atoms with van der Waals surface area (Å²) in [5.41, 5.74) is 2.30. The molecule has 1 atom stereocenters. The minimum absolute atomic E-state index is 0. The van der Waals surface area contributed by atoms with E-state index in [0.717, 1.165) is 63.0 Å². The molecule has 1 fully saturated rings. The normalized spacial score (nSPS) is 16.8. The molecule has 0 saturated carbocycles. The number of likely N-dealkylation sites (N-methyl/N-ethyl adjacent to an activating group) is 1. The Morgan fingerprint density at radius 2 is 2.04 bits per heavy atom. The maximum atomic E-state index is 6.18. The molecule has 0 amide bonds. The lowest BCUT2D eigenvalue weighted by Crippen LogP contribution is -2.41. The molecule has 2 N–H and O–H groups in total. The minimum Gasteiger partial charge on any atom is -0.488 e. The molecular weight excluding hydrogens is 467 g/mol. The summed E-state index contributed by atoms with van der Waals surface area (Å²) in [5.74, 6) is 1.77. The second-order valence-electron chi connectivity index (χ2n) is 6.86. The number of benzene rings is 1. The first-order valence-corrected chi connectivity index (χ1v) is 10.2. The van der Waals surface area contributed by atoms with Gasteiger partial charge in [0.2, 0.25) is 0 Å². The predicted octanol–water partition coefficient (Wildman–Crippen LogP) is 3.18. The third-order valence-corrected chi connectivity index (χ3v) is 4.77. The Balaban J connectivity index is 0.00000392. The van der Waals surface area contributed by atoms with Gasteiger partial charge in [-0.3, -0.25) is 0 Å². The summed E-state index contributed by atoms with van der Waals surface area (Å²) in [6, 6.07) is 6.33. The highest BCUT2D eigenvalue weighted by Crippen LogP contribution is 2.24. The Hall–Kier alpha value is -1.06. The summed E-state index contributed by atoms with van der Waals surface area (Å²) in [7, 11) is 0. The Labute approximate surface area is 187 Å². The van der Waals surface area contributed by atoms with E-state index >= 15 is 0 Å². The molecule has 0 bridgehead atoms. The fourth-order valence-corrected chi connectivity index (χ4v) is 3.07. The van der Waals surface area contributed by atoms with Gasteiger partial charge in [0.1, 0.15) is 11.9 Å². The topological polar surface area (TPSA) is 58.1 Å². The van der Waals surface area contributed by atoms with Gasteiger partial charge in [-0.25, -0.2) is 4.99 Å². The molecule has 1 unspecified atom stereocenters. The summed E-state index contributed by atoms with van der Waals surface area (Å²) in [5, 5.41) is 6.76. The Bertz CT molecular complexity index is 588. The van der Waals surface area contributed by atoms with Crippen LogP contribution in [-0.4, -0.2) is 62.9 Å². The number of nitrogens with one attached hydrogen (secondary N) is 2. The van der Waals surface area contributed by atoms with Crippen LogP contribution in [0.2, 0.25) is 0 Å². The number of ether oxygens (including phenoxy) is 2. The number of guanidine groups is 1. The quantitative estimate of drug-likeness (QED) is 0.291. The first kappa shape index (κ1) is 25.0. The van der Waals surface area contributed by atoms with E-state index in [9.17, 15) is 0 Å². The molecule has 1 aliphatic heterocycles. The van der Waals surface area contributed by atoms with Gasteiger partial charge in [-0.1, -0.05) is 26.0 Å². The van der Waals surface area contributed by atoms with Crippen LogP contribution >= 0.6 is 24.0 Å². The SMILES string of the molecule is CCNC(=NCc1ccc(C)cc1OC1CCOC1)NCCN(CC)CC.I. The molecule has 7 heteroatoms. The van der Waals surface area contributed by atoms with Crippen molar-refractivity contribution in [1.29, 1.82) is 0 Å². The number of hydrogen-bond donors (Lipinski definition) is 2. The van der Waals surface area contributed by atoms with Crippen molar-refractivity contribution in [2.45, 2.75) is 46.8 Å².